The molecule has 144 valence electrons. The molecule has 1 heterocycles. The second-order valence-electron chi connectivity index (χ2n) is 6.35. The molecular formula is C19H21NO6S. The van der Waals surface area contributed by atoms with Crippen LogP contribution in [0, 0.1) is 0 Å². The molecule has 2 N–H and O–H groups in total. The molecule has 7 nitrogen and oxygen atoms in total. The van der Waals surface area contributed by atoms with Crippen molar-refractivity contribution in [3.8, 4) is 5.75 Å². The number of benzene rings is 2. The Morgan fingerprint density at radius 1 is 1.07 bits per heavy atom. The van der Waals surface area contributed by atoms with Crippen LogP contribution in [-0.4, -0.2) is 38.2 Å². The first-order valence-electron chi connectivity index (χ1n) is 8.53. The van der Waals surface area contributed by atoms with Gasteiger partial charge in [-0.15, -0.1) is 0 Å². The molecule has 0 aromatic heterocycles. The molecule has 2 aromatic rings. The number of ether oxygens (including phenoxy) is 2. The SMILES string of the molecule is O=C(O)C1(NS(=O)(=O)c2ccc(OCc3ccccc3)cc2)CCOCC1. The zero-order valence-corrected chi connectivity index (χ0v) is 15.4. The Bertz CT molecular complexity index is 874. The van der Waals surface area contributed by atoms with Gasteiger partial charge in [-0.05, 0) is 29.8 Å². The van der Waals surface area contributed by atoms with Crippen molar-refractivity contribution in [3.05, 3.63) is 60.2 Å². The molecule has 1 fully saturated rings. The lowest BCUT2D eigenvalue weighted by Gasteiger charge is -2.33. The van der Waals surface area contributed by atoms with Crippen molar-refractivity contribution in [2.45, 2.75) is 29.9 Å². The summed E-state index contributed by atoms with van der Waals surface area (Å²) in [4.78, 5) is 11.6. The van der Waals surface area contributed by atoms with Gasteiger partial charge in [-0.3, -0.25) is 4.79 Å². The zero-order chi connectivity index (χ0) is 19.3. The van der Waals surface area contributed by atoms with Crippen molar-refractivity contribution in [1.29, 1.82) is 0 Å². The van der Waals surface area contributed by atoms with Crippen molar-refractivity contribution in [3.63, 3.8) is 0 Å². The summed E-state index contributed by atoms with van der Waals surface area (Å²) in [5.74, 6) is -0.672. The van der Waals surface area contributed by atoms with Crippen molar-refractivity contribution < 1.29 is 27.8 Å². The van der Waals surface area contributed by atoms with Crippen LogP contribution in [0.15, 0.2) is 59.5 Å². The highest BCUT2D eigenvalue weighted by Crippen LogP contribution is 2.25. The number of hydrogen-bond acceptors (Lipinski definition) is 5. The van der Waals surface area contributed by atoms with Gasteiger partial charge in [0, 0.05) is 26.1 Å². The van der Waals surface area contributed by atoms with Gasteiger partial charge in [-0.2, -0.15) is 4.72 Å². The smallest absolute Gasteiger partial charge is 0.325 e. The topological polar surface area (TPSA) is 102 Å². The monoisotopic (exact) mass is 391 g/mol. The number of carboxylic acids is 1. The van der Waals surface area contributed by atoms with E-state index in [1.54, 1.807) is 12.1 Å². The van der Waals surface area contributed by atoms with E-state index < -0.39 is 21.5 Å². The fourth-order valence-electron chi connectivity index (χ4n) is 2.85. The van der Waals surface area contributed by atoms with Crippen LogP contribution in [0.25, 0.3) is 0 Å². The molecule has 1 aliphatic heterocycles. The van der Waals surface area contributed by atoms with E-state index >= 15 is 0 Å². The molecule has 0 radical (unpaired) electrons. The molecule has 0 amide bonds. The Hall–Kier alpha value is -2.42. The highest BCUT2D eigenvalue weighted by Gasteiger charge is 2.43. The van der Waals surface area contributed by atoms with Crippen LogP contribution in [0.4, 0.5) is 0 Å². The van der Waals surface area contributed by atoms with Gasteiger partial charge in [-0.1, -0.05) is 30.3 Å². The molecule has 1 aliphatic rings. The summed E-state index contributed by atoms with van der Waals surface area (Å²) >= 11 is 0. The molecule has 0 bridgehead atoms. The summed E-state index contributed by atoms with van der Waals surface area (Å²) in [7, 11) is -3.99. The number of nitrogens with one attached hydrogen (secondary N) is 1. The lowest BCUT2D eigenvalue weighted by molar-refractivity contribution is -0.147. The summed E-state index contributed by atoms with van der Waals surface area (Å²) in [6.45, 7) is 0.759. The Labute approximate surface area is 158 Å². The minimum absolute atomic E-state index is 0.0123. The summed E-state index contributed by atoms with van der Waals surface area (Å²) in [5, 5.41) is 9.52. The second-order valence-corrected chi connectivity index (χ2v) is 8.03. The first-order chi connectivity index (χ1) is 12.9. The third-order valence-electron chi connectivity index (χ3n) is 4.47. The van der Waals surface area contributed by atoms with Crippen LogP contribution in [0.1, 0.15) is 18.4 Å². The molecule has 3 rings (SSSR count). The molecule has 0 spiro atoms. The molecule has 0 saturated carbocycles. The molecule has 8 heteroatoms. The van der Waals surface area contributed by atoms with Crippen LogP contribution >= 0.6 is 0 Å². The van der Waals surface area contributed by atoms with Crippen LogP contribution < -0.4 is 9.46 Å². The van der Waals surface area contributed by atoms with E-state index in [1.807, 2.05) is 30.3 Å². The number of rotatable bonds is 7. The fourth-order valence-corrected chi connectivity index (χ4v) is 4.27. The van der Waals surface area contributed by atoms with Gasteiger partial charge in [0.2, 0.25) is 10.0 Å². The fraction of sp³-hybridized carbons (Fsp3) is 0.316. The van der Waals surface area contributed by atoms with E-state index in [0.29, 0.717) is 12.4 Å². The molecule has 0 atom stereocenters. The maximum atomic E-state index is 12.6. The predicted octanol–water partition coefficient (Wildman–Crippen LogP) is 2.18. The molecular weight excluding hydrogens is 370 g/mol. The highest BCUT2D eigenvalue weighted by atomic mass is 32.2. The van der Waals surface area contributed by atoms with Crippen LogP contribution in [-0.2, 0) is 26.2 Å². The van der Waals surface area contributed by atoms with Gasteiger partial charge in [0.25, 0.3) is 0 Å². The third kappa shape index (κ3) is 4.65. The van der Waals surface area contributed by atoms with Crippen LogP contribution in [0.3, 0.4) is 0 Å². The lowest BCUT2D eigenvalue weighted by Crippen LogP contribution is -2.57. The Morgan fingerprint density at radius 2 is 1.70 bits per heavy atom. The first kappa shape index (κ1) is 19.3. The minimum atomic E-state index is -3.99. The Kier molecular flexibility index (Phi) is 5.79. The van der Waals surface area contributed by atoms with E-state index in [1.165, 1.54) is 12.1 Å². The average molecular weight is 391 g/mol. The van der Waals surface area contributed by atoms with Crippen LogP contribution in [0.2, 0.25) is 0 Å². The van der Waals surface area contributed by atoms with Crippen molar-refractivity contribution in [2.24, 2.45) is 0 Å². The maximum absolute atomic E-state index is 12.6. The molecule has 2 aromatic carbocycles. The number of hydrogen-bond donors (Lipinski definition) is 2. The Morgan fingerprint density at radius 3 is 2.30 bits per heavy atom. The van der Waals surface area contributed by atoms with Gasteiger partial charge in [-0.25, -0.2) is 8.42 Å². The van der Waals surface area contributed by atoms with Crippen molar-refractivity contribution >= 4 is 16.0 Å². The number of aliphatic carboxylic acids is 1. The lowest BCUT2D eigenvalue weighted by atomic mass is 9.92. The van der Waals surface area contributed by atoms with Gasteiger partial charge < -0.3 is 14.6 Å². The number of carbonyl (C=O) groups is 1. The van der Waals surface area contributed by atoms with E-state index in [2.05, 4.69) is 4.72 Å². The average Bonchev–Trinajstić information content (AvgIpc) is 2.68. The summed E-state index contributed by atoms with van der Waals surface area (Å²) in [5.41, 5.74) is -0.543. The largest absolute Gasteiger partial charge is 0.489 e. The first-order valence-corrected chi connectivity index (χ1v) is 10.0. The quantitative estimate of drug-likeness (QED) is 0.750. The molecule has 1 saturated heterocycles. The number of sulfonamides is 1. The van der Waals surface area contributed by atoms with E-state index in [4.69, 9.17) is 9.47 Å². The molecule has 0 aliphatic carbocycles. The predicted molar refractivity (Wildman–Crippen MR) is 98.0 cm³/mol. The standard InChI is InChI=1S/C19H21NO6S/c21-18(22)19(10-12-25-13-11-19)20-27(23,24)17-8-6-16(7-9-17)26-14-15-4-2-1-3-5-15/h1-9,20H,10-14H2,(H,21,22). The van der Waals surface area contributed by atoms with Gasteiger partial charge in [0.15, 0.2) is 0 Å². The Balaban J connectivity index is 1.70. The highest BCUT2D eigenvalue weighted by molar-refractivity contribution is 7.89. The van der Waals surface area contributed by atoms with Crippen LogP contribution in [0.5, 0.6) is 5.75 Å². The van der Waals surface area contributed by atoms with Crippen molar-refractivity contribution in [1.82, 2.24) is 4.72 Å². The van der Waals surface area contributed by atoms with E-state index in [0.717, 1.165) is 5.56 Å². The maximum Gasteiger partial charge on any atom is 0.325 e. The van der Waals surface area contributed by atoms with Gasteiger partial charge in [0.05, 0.1) is 4.90 Å². The summed E-state index contributed by atoms with van der Waals surface area (Å²) in [6.07, 6.45) is 0.166. The van der Waals surface area contributed by atoms with Crippen molar-refractivity contribution in [2.75, 3.05) is 13.2 Å². The minimum Gasteiger partial charge on any atom is -0.489 e. The second kappa shape index (κ2) is 8.08. The summed E-state index contributed by atoms with van der Waals surface area (Å²) < 4.78 is 38.4. The zero-order valence-electron chi connectivity index (χ0n) is 14.6. The third-order valence-corrected chi connectivity index (χ3v) is 6.02. The normalized spacial score (nSPS) is 16.6. The van der Waals surface area contributed by atoms with Gasteiger partial charge >= 0.3 is 5.97 Å². The van der Waals surface area contributed by atoms with E-state index in [-0.39, 0.29) is 31.0 Å². The van der Waals surface area contributed by atoms with Gasteiger partial charge in [0.1, 0.15) is 17.9 Å². The number of carboxylic acid groups (broad SMARTS) is 1. The van der Waals surface area contributed by atoms with E-state index in [9.17, 15) is 18.3 Å². The molecule has 0 unspecified atom stereocenters. The summed E-state index contributed by atoms with van der Waals surface area (Å²) in [6, 6.07) is 15.5. The molecule has 27 heavy (non-hydrogen) atoms.